The van der Waals surface area contributed by atoms with Gasteiger partial charge in [0.1, 0.15) is 5.82 Å². The Labute approximate surface area is 102 Å². The second-order valence-corrected chi connectivity index (χ2v) is 4.76. The first-order valence-electron chi connectivity index (χ1n) is 6.41. The number of aliphatic hydroxyl groups is 1. The van der Waals surface area contributed by atoms with E-state index in [1.165, 1.54) is 38.1 Å². The third-order valence-electron chi connectivity index (χ3n) is 3.41. The standard InChI is InChI=1S/C14H20FNO/c15-13-7-5-12(6-8-13)14(17)4-3-11-16-9-1-2-10-16/h5-8,14,17H,1-4,9-11H2. The van der Waals surface area contributed by atoms with Crippen molar-refractivity contribution in [2.45, 2.75) is 31.8 Å². The van der Waals surface area contributed by atoms with Crippen LogP contribution in [0.2, 0.25) is 0 Å². The van der Waals surface area contributed by atoms with E-state index < -0.39 is 6.10 Å². The maximum absolute atomic E-state index is 12.7. The molecule has 1 aliphatic rings. The Hall–Kier alpha value is -0.930. The summed E-state index contributed by atoms with van der Waals surface area (Å²) in [5, 5.41) is 9.94. The van der Waals surface area contributed by atoms with E-state index in [4.69, 9.17) is 0 Å². The van der Waals surface area contributed by atoms with Gasteiger partial charge < -0.3 is 10.0 Å². The minimum atomic E-state index is -0.460. The van der Waals surface area contributed by atoms with Crippen LogP contribution >= 0.6 is 0 Å². The number of nitrogens with zero attached hydrogens (tertiary/aromatic N) is 1. The van der Waals surface area contributed by atoms with E-state index in [1.54, 1.807) is 12.1 Å². The highest BCUT2D eigenvalue weighted by Gasteiger charge is 2.12. The Kier molecular flexibility index (Phi) is 4.51. The molecule has 2 nitrogen and oxygen atoms in total. The van der Waals surface area contributed by atoms with Gasteiger partial charge in [0, 0.05) is 0 Å². The number of aliphatic hydroxyl groups excluding tert-OH is 1. The molecule has 0 amide bonds. The predicted octanol–water partition coefficient (Wildman–Crippen LogP) is 2.74. The summed E-state index contributed by atoms with van der Waals surface area (Å²) in [4.78, 5) is 2.44. The van der Waals surface area contributed by atoms with Gasteiger partial charge in [-0.2, -0.15) is 0 Å². The Morgan fingerprint density at radius 2 is 1.82 bits per heavy atom. The lowest BCUT2D eigenvalue weighted by Crippen LogP contribution is -2.20. The molecule has 0 spiro atoms. The van der Waals surface area contributed by atoms with Gasteiger partial charge >= 0.3 is 0 Å². The second-order valence-electron chi connectivity index (χ2n) is 4.76. The first-order chi connectivity index (χ1) is 8.25. The van der Waals surface area contributed by atoms with E-state index in [1.807, 2.05) is 0 Å². The molecule has 1 N–H and O–H groups in total. The zero-order valence-corrected chi connectivity index (χ0v) is 10.1. The molecule has 1 aromatic rings. The van der Waals surface area contributed by atoms with Gasteiger partial charge in [0.2, 0.25) is 0 Å². The highest BCUT2D eigenvalue weighted by molar-refractivity contribution is 5.18. The largest absolute Gasteiger partial charge is 0.388 e. The van der Waals surface area contributed by atoms with Crippen molar-refractivity contribution in [1.29, 1.82) is 0 Å². The molecule has 1 saturated heterocycles. The lowest BCUT2D eigenvalue weighted by Gasteiger charge is -2.16. The van der Waals surface area contributed by atoms with Crippen LogP contribution in [0.1, 0.15) is 37.4 Å². The molecule has 0 bridgehead atoms. The van der Waals surface area contributed by atoms with Gasteiger partial charge in [-0.15, -0.1) is 0 Å². The van der Waals surface area contributed by atoms with Crippen LogP contribution in [-0.2, 0) is 0 Å². The Morgan fingerprint density at radius 3 is 2.47 bits per heavy atom. The summed E-state index contributed by atoms with van der Waals surface area (Å²) < 4.78 is 12.7. The van der Waals surface area contributed by atoms with Crippen molar-refractivity contribution < 1.29 is 9.50 Å². The molecule has 1 heterocycles. The molecular formula is C14H20FNO. The summed E-state index contributed by atoms with van der Waals surface area (Å²) in [5.41, 5.74) is 0.813. The van der Waals surface area contributed by atoms with Crippen LogP contribution in [0.5, 0.6) is 0 Å². The third kappa shape index (κ3) is 3.79. The number of rotatable bonds is 5. The fourth-order valence-corrected chi connectivity index (χ4v) is 2.37. The van der Waals surface area contributed by atoms with Gasteiger partial charge in [0.25, 0.3) is 0 Å². The Bertz CT molecular complexity index is 333. The van der Waals surface area contributed by atoms with E-state index >= 15 is 0 Å². The Morgan fingerprint density at radius 1 is 1.18 bits per heavy atom. The molecule has 0 radical (unpaired) electrons. The van der Waals surface area contributed by atoms with Crippen molar-refractivity contribution in [3.05, 3.63) is 35.6 Å². The summed E-state index contributed by atoms with van der Waals surface area (Å²) in [6.07, 6.45) is 3.90. The first kappa shape index (κ1) is 12.5. The monoisotopic (exact) mass is 237 g/mol. The van der Waals surface area contributed by atoms with Crippen LogP contribution < -0.4 is 0 Å². The molecule has 3 heteroatoms. The fourth-order valence-electron chi connectivity index (χ4n) is 2.37. The van der Waals surface area contributed by atoms with E-state index in [0.29, 0.717) is 0 Å². The topological polar surface area (TPSA) is 23.5 Å². The molecule has 0 aromatic heterocycles. The van der Waals surface area contributed by atoms with Crippen LogP contribution in [-0.4, -0.2) is 29.6 Å². The van der Waals surface area contributed by atoms with Gasteiger partial charge in [-0.3, -0.25) is 0 Å². The molecule has 1 unspecified atom stereocenters. The molecule has 0 aliphatic carbocycles. The number of hydrogen-bond donors (Lipinski definition) is 1. The van der Waals surface area contributed by atoms with Crippen LogP contribution in [0.25, 0.3) is 0 Å². The van der Waals surface area contributed by atoms with Crippen molar-refractivity contribution in [1.82, 2.24) is 4.90 Å². The molecular weight excluding hydrogens is 217 g/mol. The molecule has 2 rings (SSSR count). The van der Waals surface area contributed by atoms with Gasteiger partial charge in [-0.05, 0) is 63.0 Å². The number of benzene rings is 1. The third-order valence-corrected chi connectivity index (χ3v) is 3.41. The summed E-state index contributed by atoms with van der Waals surface area (Å²) in [6.45, 7) is 3.47. The highest BCUT2D eigenvalue weighted by Crippen LogP contribution is 2.19. The first-order valence-corrected chi connectivity index (χ1v) is 6.41. The Balaban J connectivity index is 1.72. The predicted molar refractivity (Wildman–Crippen MR) is 66.3 cm³/mol. The minimum Gasteiger partial charge on any atom is -0.388 e. The number of hydrogen-bond acceptors (Lipinski definition) is 2. The molecule has 1 atom stereocenters. The van der Waals surface area contributed by atoms with Gasteiger partial charge in [-0.25, -0.2) is 4.39 Å². The molecule has 1 aliphatic heterocycles. The summed E-state index contributed by atoms with van der Waals surface area (Å²) >= 11 is 0. The van der Waals surface area contributed by atoms with Gasteiger partial charge in [0.05, 0.1) is 6.10 Å². The number of likely N-dealkylation sites (tertiary alicyclic amines) is 1. The van der Waals surface area contributed by atoms with E-state index in [0.717, 1.165) is 24.9 Å². The van der Waals surface area contributed by atoms with Crippen LogP contribution in [0.15, 0.2) is 24.3 Å². The molecule has 0 saturated carbocycles. The zero-order valence-electron chi connectivity index (χ0n) is 10.1. The minimum absolute atomic E-state index is 0.252. The highest BCUT2D eigenvalue weighted by atomic mass is 19.1. The zero-order chi connectivity index (χ0) is 12.1. The van der Waals surface area contributed by atoms with Crippen molar-refractivity contribution >= 4 is 0 Å². The maximum atomic E-state index is 12.7. The van der Waals surface area contributed by atoms with Crippen molar-refractivity contribution in [3.63, 3.8) is 0 Å². The second kappa shape index (κ2) is 6.12. The lowest BCUT2D eigenvalue weighted by atomic mass is 10.0. The van der Waals surface area contributed by atoms with Gasteiger partial charge in [0.15, 0.2) is 0 Å². The SMILES string of the molecule is OC(CCCN1CCCC1)c1ccc(F)cc1. The van der Waals surface area contributed by atoms with Crippen LogP contribution in [0, 0.1) is 5.82 Å². The maximum Gasteiger partial charge on any atom is 0.123 e. The van der Waals surface area contributed by atoms with Gasteiger partial charge in [-0.1, -0.05) is 12.1 Å². The van der Waals surface area contributed by atoms with E-state index in [2.05, 4.69) is 4.90 Å². The van der Waals surface area contributed by atoms with Crippen molar-refractivity contribution in [3.8, 4) is 0 Å². The average molecular weight is 237 g/mol. The number of halogens is 1. The van der Waals surface area contributed by atoms with Crippen molar-refractivity contribution in [2.24, 2.45) is 0 Å². The summed E-state index contributed by atoms with van der Waals surface area (Å²) in [7, 11) is 0. The fraction of sp³-hybridized carbons (Fsp3) is 0.571. The molecule has 94 valence electrons. The van der Waals surface area contributed by atoms with E-state index in [9.17, 15) is 9.50 Å². The summed E-state index contributed by atoms with van der Waals surface area (Å²) in [5.74, 6) is -0.252. The van der Waals surface area contributed by atoms with Crippen molar-refractivity contribution in [2.75, 3.05) is 19.6 Å². The van der Waals surface area contributed by atoms with Crippen LogP contribution in [0.3, 0.4) is 0 Å². The molecule has 1 aromatic carbocycles. The van der Waals surface area contributed by atoms with E-state index in [-0.39, 0.29) is 5.82 Å². The normalized spacial score (nSPS) is 18.5. The van der Waals surface area contributed by atoms with Crippen LogP contribution in [0.4, 0.5) is 4.39 Å². The summed E-state index contributed by atoms with van der Waals surface area (Å²) in [6, 6.07) is 6.13. The quantitative estimate of drug-likeness (QED) is 0.851. The molecule has 17 heavy (non-hydrogen) atoms. The molecule has 1 fully saturated rings. The smallest absolute Gasteiger partial charge is 0.123 e. The lowest BCUT2D eigenvalue weighted by molar-refractivity contribution is 0.158. The average Bonchev–Trinajstić information content (AvgIpc) is 2.83.